The molecule has 7 heteroatoms. The fourth-order valence-corrected chi connectivity index (χ4v) is 2.07. The number of carbonyl (C=O) groups is 2. The Balaban J connectivity index is 2.10. The second kappa shape index (κ2) is 7.87. The number of nitrogens with two attached hydrogens (primary N) is 1. The average Bonchev–Trinajstić information content (AvgIpc) is 2.60. The lowest BCUT2D eigenvalue weighted by Gasteiger charge is -2.12. The van der Waals surface area contributed by atoms with Gasteiger partial charge in [-0.2, -0.15) is 0 Å². The molecule has 0 fully saturated rings. The van der Waals surface area contributed by atoms with E-state index >= 15 is 0 Å². The van der Waals surface area contributed by atoms with Crippen LogP contribution < -0.4 is 25.8 Å². The van der Waals surface area contributed by atoms with Crippen LogP contribution in [0.2, 0.25) is 0 Å². The van der Waals surface area contributed by atoms with E-state index in [-0.39, 0.29) is 5.91 Å². The summed E-state index contributed by atoms with van der Waals surface area (Å²) in [5.74, 6) is 0.862. The van der Waals surface area contributed by atoms with Crippen molar-refractivity contribution >= 4 is 17.6 Å². The van der Waals surface area contributed by atoms with Gasteiger partial charge in [-0.15, -0.1) is 0 Å². The minimum absolute atomic E-state index is 0.282. The van der Waals surface area contributed by atoms with Gasteiger partial charge in [-0.3, -0.25) is 4.79 Å². The quantitative estimate of drug-likeness (QED) is 0.755. The second-order valence-electron chi connectivity index (χ2n) is 4.94. The average molecular weight is 329 g/mol. The Kier molecular flexibility index (Phi) is 5.62. The summed E-state index contributed by atoms with van der Waals surface area (Å²) in [5, 5.41) is 5.27. The summed E-state index contributed by atoms with van der Waals surface area (Å²) in [5.41, 5.74) is 6.85. The van der Waals surface area contributed by atoms with Crippen molar-refractivity contribution in [2.75, 3.05) is 19.5 Å². The van der Waals surface area contributed by atoms with Crippen LogP contribution in [0.3, 0.4) is 0 Å². The van der Waals surface area contributed by atoms with Gasteiger partial charge in [0.25, 0.3) is 5.91 Å². The summed E-state index contributed by atoms with van der Waals surface area (Å²) < 4.78 is 10.4. The van der Waals surface area contributed by atoms with Gasteiger partial charge < -0.3 is 25.8 Å². The van der Waals surface area contributed by atoms with Crippen LogP contribution in [0, 0.1) is 0 Å². The normalized spacial score (nSPS) is 9.92. The molecule has 0 saturated heterocycles. The SMILES string of the molecule is COc1ccc(OC)c(NC(=O)c2ccc(CNC(N)=O)cc2)c1. The zero-order valence-corrected chi connectivity index (χ0v) is 13.5. The third-order valence-electron chi connectivity index (χ3n) is 3.34. The van der Waals surface area contributed by atoms with E-state index < -0.39 is 6.03 Å². The van der Waals surface area contributed by atoms with E-state index in [4.69, 9.17) is 15.2 Å². The number of benzene rings is 2. The molecule has 0 radical (unpaired) electrons. The van der Waals surface area contributed by atoms with Crippen LogP contribution in [-0.4, -0.2) is 26.2 Å². The Bertz CT molecular complexity index is 729. The maximum absolute atomic E-state index is 12.4. The molecule has 4 N–H and O–H groups in total. The number of rotatable bonds is 6. The summed E-state index contributed by atoms with van der Waals surface area (Å²) in [4.78, 5) is 23.1. The van der Waals surface area contributed by atoms with E-state index in [1.54, 1.807) is 49.6 Å². The maximum Gasteiger partial charge on any atom is 0.312 e. The van der Waals surface area contributed by atoms with Crippen LogP contribution in [0.5, 0.6) is 11.5 Å². The first-order valence-electron chi connectivity index (χ1n) is 7.19. The summed E-state index contributed by atoms with van der Waals surface area (Å²) in [7, 11) is 3.07. The Morgan fingerprint density at radius 2 is 1.75 bits per heavy atom. The zero-order valence-electron chi connectivity index (χ0n) is 13.5. The third kappa shape index (κ3) is 4.39. The topological polar surface area (TPSA) is 103 Å². The number of methoxy groups -OCH3 is 2. The minimum atomic E-state index is -0.595. The van der Waals surface area contributed by atoms with Crippen LogP contribution in [0.4, 0.5) is 10.5 Å². The van der Waals surface area contributed by atoms with Crippen molar-refractivity contribution in [2.24, 2.45) is 5.73 Å². The van der Waals surface area contributed by atoms with Gasteiger partial charge in [-0.05, 0) is 29.8 Å². The van der Waals surface area contributed by atoms with Crippen molar-refractivity contribution in [1.82, 2.24) is 5.32 Å². The molecule has 2 aromatic rings. The van der Waals surface area contributed by atoms with E-state index in [9.17, 15) is 9.59 Å². The van der Waals surface area contributed by atoms with E-state index in [2.05, 4.69) is 10.6 Å². The molecule has 0 spiro atoms. The largest absolute Gasteiger partial charge is 0.497 e. The Morgan fingerprint density at radius 3 is 2.33 bits per heavy atom. The van der Waals surface area contributed by atoms with Crippen LogP contribution in [0.1, 0.15) is 15.9 Å². The van der Waals surface area contributed by atoms with E-state index in [0.717, 1.165) is 5.56 Å². The number of carbonyl (C=O) groups excluding carboxylic acids is 2. The molecule has 0 atom stereocenters. The van der Waals surface area contributed by atoms with Crippen LogP contribution in [-0.2, 0) is 6.54 Å². The monoisotopic (exact) mass is 329 g/mol. The Labute approximate surface area is 139 Å². The number of ether oxygens (including phenoxy) is 2. The summed E-state index contributed by atoms with van der Waals surface area (Å²) in [6.45, 7) is 0.306. The van der Waals surface area contributed by atoms with Crippen LogP contribution in [0.25, 0.3) is 0 Å². The molecule has 3 amide bonds. The van der Waals surface area contributed by atoms with Gasteiger partial charge in [0.1, 0.15) is 11.5 Å². The van der Waals surface area contributed by atoms with Gasteiger partial charge in [-0.25, -0.2) is 4.79 Å². The van der Waals surface area contributed by atoms with Gasteiger partial charge in [0.05, 0.1) is 19.9 Å². The molecule has 0 aliphatic rings. The van der Waals surface area contributed by atoms with Crippen molar-refractivity contribution in [3.63, 3.8) is 0 Å². The van der Waals surface area contributed by atoms with E-state index in [1.807, 2.05) is 0 Å². The molecular formula is C17H19N3O4. The highest BCUT2D eigenvalue weighted by molar-refractivity contribution is 6.05. The number of urea groups is 1. The van der Waals surface area contributed by atoms with Gasteiger partial charge in [-0.1, -0.05) is 12.1 Å². The molecule has 0 unspecified atom stereocenters. The molecule has 126 valence electrons. The first-order chi connectivity index (χ1) is 11.5. The molecule has 7 nitrogen and oxygen atoms in total. The Hall–Kier alpha value is -3.22. The molecule has 24 heavy (non-hydrogen) atoms. The van der Waals surface area contributed by atoms with Crippen molar-refractivity contribution in [2.45, 2.75) is 6.54 Å². The highest BCUT2D eigenvalue weighted by atomic mass is 16.5. The highest BCUT2D eigenvalue weighted by Gasteiger charge is 2.11. The fraction of sp³-hybridized carbons (Fsp3) is 0.176. The van der Waals surface area contributed by atoms with Crippen LogP contribution >= 0.6 is 0 Å². The second-order valence-corrected chi connectivity index (χ2v) is 4.94. The molecule has 0 aromatic heterocycles. The minimum Gasteiger partial charge on any atom is -0.497 e. The number of primary amides is 1. The first-order valence-corrected chi connectivity index (χ1v) is 7.19. The molecule has 0 saturated carbocycles. The van der Waals surface area contributed by atoms with Crippen molar-refractivity contribution < 1.29 is 19.1 Å². The van der Waals surface area contributed by atoms with Gasteiger partial charge in [0.15, 0.2) is 0 Å². The van der Waals surface area contributed by atoms with Crippen molar-refractivity contribution in [3.8, 4) is 11.5 Å². The summed E-state index contributed by atoms with van der Waals surface area (Å²) in [6, 6.07) is 11.4. The molecule has 0 bridgehead atoms. The van der Waals surface area contributed by atoms with Gasteiger partial charge >= 0.3 is 6.03 Å². The lowest BCUT2D eigenvalue weighted by Crippen LogP contribution is -2.28. The molecule has 2 rings (SSSR count). The lowest BCUT2D eigenvalue weighted by atomic mass is 10.1. The van der Waals surface area contributed by atoms with Gasteiger partial charge in [0.2, 0.25) is 0 Å². The fourth-order valence-electron chi connectivity index (χ4n) is 2.07. The van der Waals surface area contributed by atoms with E-state index in [0.29, 0.717) is 29.3 Å². The highest BCUT2D eigenvalue weighted by Crippen LogP contribution is 2.29. The first kappa shape index (κ1) is 17.1. The molecule has 0 heterocycles. The predicted octanol–water partition coefficient (Wildman–Crippen LogP) is 2.12. The smallest absolute Gasteiger partial charge is 0.312 e. The third-order valence-corrected chi connectivity index (χ3v) is 3.34. The van der Waals surface area contributed by atoms with Gasteiger partial charge in [0, 0.05) is 18.2 Å². The molecule has 0 aliphatic heterocycles. The lowest BCUT2D eigenvalue weighted by molar-refractivity contribution is 0.102. The zero-order chi connectivity index (χ0) is 17.5. The van der Waals surface area contributed by atoms with E-state index in [1.165, 1.54) is 7.11 Å². The van der Waals surface area contributed by atoms with Crippen molar-refractivity contribution in [1.29, 1.82) is 0 Å². The number of amides is 3. The molecule has 0 aliphatic carbocycles. The molecular weight excluding hydrogens is 310 g/mol. The molecule has 2 aromatic carbocycles. The number of hydrogen-bond donors (Lipinski definition) is 3. The standard InChI is InChI=1S/C17H19N3O4/c1-23-13-7-8-15(24-2)14(9-13)20-16(21)12-5-3-11(4-6-12)10-19-17(18)22/h3-9H,10H2,1-2H3,(H,20,21)(H3,18,19,22). The Morgan fingerprint density at radius 1 is 1.04 bits per heavy atom. The summed E-state index contributed by atoms with van der Waals surface area (Å²) in [6.07, 6.45) is 0. The maximum atomic E-state index is 12.4. The summed E-state index contributed by atoms with van der Waals surface area (Å²) >= 11 is 0. The number of hydrogen-bond acceptors (Lipinski definition) is 4. The number of anilines is 1. The van der Waals surface area contributed by atoms with Crippen molar-refractivity contribution in [3.05, 3.63) is 53.6 Å². The predicted molar refractivity (Wildman–Crippen MR) is 90.4 cm³/mol. The number of nitrogens with one attached hydrogen (secondary N) is 2. The van der Waals surface area contributed by atoms with Crippen LogP contribution in [0.15, 0.2) is 42.5 Å².